The number of ether oxygens (including phenoxy) is 1. The summed E-state index contributed by atoms with van der Waals surface area (Å²) in [5.74, 6) is 0.222. The number of hydrogen-bond acceptors (Lipinski definition) is 3. The van der Waals surface area contributed by atoms with E-state index in [-0.39, 0.29) is 23.6 Å². The number of hydrogen-bond donors (Lipinski definition) is 2. The minimum Gasteiger partial charge on any atom is -0.493 e. The zero-order valence-corrected chi connectivity index (χ0v) is 16.3. The molecule has 4 atom stereocenters. The van der Waals surface area contributed by atoms with Gasteiger partial charge in [-0.2, -0.15) is 0 Å². The zero-order chi connectivity index (χ0) is 19.1. The predicted molar refractivity (Wildman–Crippen MR) is 104 cm³/mol. The van der Waals surface area contributed by atoms with Crippen molar-refractivity contribution in [2.75, 3.05) is 6.61 Å². The number of aliphatic carboxylic acids is 1. The molecule has 2 N–H and O–H groups in total. The summed E-state index contributed by atoms with van der Waals surface area (Å²) in [6.45, 7) is 4.57. The molecule has 0 aromatic heterocycles. The highest BCUT2D eigenvalue weighted by Gasteiger charge is 2.41. The molecule has 2 rings (SSSR count). The first-order valence-electron chi connectivity index (χ1n) is 9.27. The van der Waals surface area contributed by atoms with E-state index >= 15 is 0 Å². The molecule has 0 radical (unpaired) electrons. The number of benzene rings is 1. The molecule has 1 aliphatic carbocycles. The van der Waals surface area contributed by atoms with Gasteiger partial charge >= 0.3 is 5.97 Å². The van der Waals surface area contributed by atoms with Crippen LogP contribution in [0.2, 0.25) is 0 Å². The molecule has 0 heterocycles. The van der Waals surface area contributed by atoms with Crippen LogP contribution in [0.15, 0.2) is 30.4 Å². The molecule has 1 aromatic carbocycles. The van der Waals surface area contributed by atoms with Gasteiger partial charge in [0.1, 0.15) is 5.75 Å². The highest BCUT2D eigenvalue weighted by Crippen LogP contribution is 2.39. The summed E-state index contributed by atoms with van der Waals surface area (Å²) in [5.41, 5.74) is 2.41. The Bertz CT molecular complexity index is 628. The van der Waals surface area contributed by atoms with Crippen LogP contribution in [0.5, 0.6) is 5.75 Å². The molecular weight excluding hydrogens is 352 g/mol. The quantitative estimate of drug-likeness (QED) is 0.376. The molecule has 0 aliphatic heterocycles. The van der Waals surface area contributed by atoms with Crippen LogP contribution < -0.4 is 4.74 Å². The van der Waals surface area contributed by atoms with Gasteiger partial charge in [0.05, 0.1) is 12.7 Å². The first kappa shape index (κ1) is 20.8. The first-order valence-corrected chi connectivity index (χ1v) is 9.71. The van der Waals surface area contributed by atoms with E-state index in [0.717, 1.165) is 18.6 Å². The van der Waals surface area contributed by atoms with Crippen molar-refractivity contribution in [1.82, 2.24) is 0 Å². The van der Waals surface area contributed by atoms with Crippen LogP contribution >= 0.6 is 11.6 Å². The maximum atomic E-state index is 10.5. The lowest BCUT2D eigenvalue weighted by Crippen LogP contribution is -2.27. The molecule has 0 unspecified atom stereocenters. The highest BCUT2D eigenvalue weighted by atomic mass is 35.5. The molecule has 1 aromatic rings. The third-order valence-corrected chi connectivity index (χ3v) is 5.73. The molecule has 0 bridgehead atoms. The molecule has 5 heteroatoms. The molecule has 1 aliphatic rings. The Hall–Kier alpha value is -1.52. The maximum Gasteiger partial charge on any atom is 0.303 e. The van der Waals surface area contributed by atoms with Crippen molar-refractivity contribution in [3.05, 3.63) is 41.5 Å². The standard InChI is InChI=1S/C21H29ClO4/c1-14-9-10-16(11-15(14)2)26-13-18-17(19(22)12-20(18)23)7-5-3-4-6-8-21(24)25/h3,5,9-11,17-20,23H,4,6-8,12-13H2,1-2H3,(H,24,25)/t17-,18-,19-,20-/m1/s1. The summed E-state index contributed by atoms with van der Waals surface area (Å²) in [6, 6.07) is 6.02. The lowest BCUT2D eigenvalue weighted by Gasteiger charge is -2.23. The second kappa shape index (κ2) is 9.98. The van der Waals surface area contributed by atoms with Crippen LogP contribution in [0.3, 0.4) is 0 Å². The first-order chi connectivity index (χ1) is 12.4. The van der Waals surface area contributed by atoms with Crippen molar-refractivity contribution in [1.29, 1.82) is 0 Å². The van der Waals surface area contributed by atoms with E-state index in [9.17, 15) is 9.90 Å². The second-order valence-electron chi connectivity index (χ2n) is 7.20. The highest BCUT2D eigenvalue weighted by molar-refractivity contribution is 6.21. The number of halogens is 1. The van der Waals surface area contributed by atoms with Crippen molar-refractivity contribution in [2.45, 2.75) is 57.4 Å². The maximum absolute atomic E-state index is 10.5. The third-order valence-electron chi connectivity index (χ3n) is 5.23. The number of carboxylic acids is 1. The van der Waals surface area contributed by atoms with Crippen LogP contribution in [0, 0.1) is 25.7 Å². The molecular formula is C21H29ClO4. The fourth-order valence-corrected chi connectivity index (χ4v) is 3.90. The van der Waals surface area contributed by atoms with E-state index in [1.165, 1.54) is 11.1 Å². The van der Waals surface area contributed by atoms with Crippen LogP contribution in [0.4, 0.5) is 0 Å². The van der Waals surface area contributed by atoms with Gasteiger partial charge in [-0.1, -0.05) is 18.2 Å². The summed E-state index contributed by atoms with van der Waals surface area (Å²) >= 11 is 6.45. The summed E-state index contributed by atoms with van der Waals surface area (Å²) in [7, 11) is 0. The molecule has 1 saturated carbocycles. The van der Waals surface area contributed by atoms with Gasteiger partial charge in [0, 0.05) is 17.7 Å². The second-order valence-corrected chi connectivity index (χ2v) is 7.76. The van der Waals surface area contributed by atoms with E-state index in [0.29, 0.717) is 19.4 Å². The van der Waals surface area contributed by atoms with Gasteiger partial charge in [-0.3, -0.25) is 4.79 Å². The smallest absolute Gasteiger partial charge is 0.303 e. The Morgan fingerprint density at radius 2 is 2.04 bits per heavy atom. The molecule has 26 heavy (non-hydrogen) atoms. The van der Waals surface area contributed by atoms with E-state index in [1.807, 2.05) is 24.3 Å². The van der Waals surface area contributed by atoms with Gasteiger partial charge in [-0.15, -0.1) is 11.6 Å². The minimum atomic E-state index is -0.762. The van der Waals surface area contributed by atoms with Crippen LogP contribution in [0.1, 0.15) is 43.2 Å². The third kappa shape index (κ3) is 6.03. The SMILES string of the molecule is Cc1ccc(OC[C@@H]2[C@@H](CC=CCCCC(=O)O)[C@H](Cl)C[C@H]2O)cc1C. The van der Waals surface area contributed by atoms with Crippen molar-refractivity contribution in [3.8, 4) is 5.75 Å². The number of carboxylic acid groups (broad SMARTS) is 1. The number of carbonyl (C=O) groups is 1. The number of unbranched alkanes of at least 4 members (excludes halogenated alkanes) is 1. The number of allylic oxidation sites excluding steroid dienone is 2. The lowest BCUT2D eigenvalue weighted by atomic mass is 9.92. The fourth-order valence-electron chi connectivity index (χ4n) is 3.43. The normalized spacial score (nSPS) is 25.7. The van der Waals surface area contributed by atoms with E-state index < -0.39 is 12.1 Å². The Morgan fingerprint density at radius 3 is 2.73 bits per heavy atom. The molecule has 0 amide bonds. The number of alkyl halides is 1. The monoisotopic (exact) mass is 380 g/mol. The van der Waals surface area contributed by atoms with Gasteiger partial charge in [0.25, 0.3) is 0 Å². The van der Waals surface area contributed by atoms with Crippen molar-refractivity contribution in [3.63, 3.8) is 0 Å². The molecule has 144 valence electrons. The van der Waals surface area contributed by atoms with Crippen LogP contribution in [-0.2, 0) is 4.79 Å². The molecule has 4 nitrogen and oxygen atoms in total. The summed E-state index contributed by atoms with van der Waals surface area (Å²) in [5, 5.41) is 18.9. The van der Waals surface area contributed by atoms with Gasteiger partial charge in [-0.25, -0.2) is 0 Å². The van der Waals surface area contributed by atoms with E-state index in [4.69, 9.17) is 21.4 Å². The van der Waals surface area contributed by atoms with Gasteiger partial charge in [-0.05, 0) is 68.7 Å². The zero-order valence-electron chi connectivity index (χ0n) is 15.5. The van der Waals surface area contributed by atoms with Crippen molar-refractivity contribution >= 4 is 17.6 Å². The predicted octanol–water partition coefficient (Wildman–Crippen LogP) is 4.49. The number of rotatable bonds is 9. The fraction of sp³-hybridized carbons (Fsp3) is 0.571. The van der Waals surface area contributed by atoms with Crippen LogP contribution in [0.25, 0.3) is 0 Å². The average Bonchev–Trinajstić information content (AvgIpc) is 2.85. The molecule has 0 saturated heterocycles. The van der Waals surface area contributed by atoms with Gasteiger partial charge in [0.15, 0.2) is 0 Å². The summed E-state index contributed by atoms with van der Waals surface area (Å²) < 4.78 is 5.94. The van der Waals surface area contributed by atoms with Gasteiger partial charge < -0.3 is 14.9 Å². The largest absolute Gasteiger partial charge is 0.493 e. The number of aryl methyl sites for hydroxylation is 2. The van der Waals surface area contributed by atoms with Crippen molar-refractivity contribution in [2.24, 2.45) is 11.8 Å². The van der Waals surface area contributed by atoms with E-state index in [1.54, 1.807) is 0 Å². The average molecular weight is 381 g/mol. The lowest BCUT2D eigenvalue weighted by molar-refractivity contribution is -0.137. The summed E-state index contributed by atoms with van der Waals surface area (Å²) in [6.07, 6.45) is 6.56. The number of aliphatic hydroxyl groups excluding tert-OH is 1. The Morgan fingerprint density at radius 1 is 1.27 bits per heavy atom. The molecule has 1 fully saturated rings. The van der Waals surface area contributed by atoms with Gasteiger partial charge in [0.2, 0.25) is 0 Å². The summed E-state index contributed by atoms with van der Waals surface area (Å²) in [4.78, 5) is 10.5. The Labute approximate surface area is 160 Å². The van der Waals surface area contributed by atoms with Crippen LogP contribution in [-0.4, -0.2) is 34.3 Å². The minimum absolute atomic E-state index is 0.00257. The Balaban J connectivity index is 1.87. The Kier molecular flexibility index (Phi) is 7.98. The van der Waals surface area contributed by atoms with Crippen molar-refractivity contribution < 1.29 is 19.7 Å². The molecule has 0 spiro atoms. The topological polar surface area (TPSA) is 66.8 Å². The van der Waals surface area contributed by atoms with E-state index in [2.05, 4.69) is 19.9 Å². The number of aliphatic hydroxyl groups is 1.